The topological polar surface area (TPSA) is 346 Å². The zero-order valence-electron chi connectivity index (χ0n) is 71.0. The first kappa shape index (κ1) is 85.3. The van der Waals surface area contributed by atoms with Crippen LogP contribution in [0.5, 0.6) is 5.75 Å². The van der Waals surface area contributed by atoms with Crippen LogP contribution < -0.4 is 36.6 Å². The highest BCUT2D eigenvalue weighted by molar-refractivity contribution is 6.00. The highest BCUT2D eigenvalue weighted by Gasteiger charge is 2.35. The molecule has 4 fully saturated rings. The van der Waals surface area contributed by atoms with Crippen LogP contribution in [0.4, 0.5) is 52.0 Å². The minimum atomic E-state index is -0.351. The molecule has 3 amide bonds. The number of allylic oxidation sites excluding steroid dienone is 3. The van der Waals surface area contributed by atoms with Crippen molar-refractivity contribution in [3.8, 4) is 5.75 Å². The molecule has 4 aliphatic heterocycles. The number of hydrogen-bond donors (Lipinski definition) is 8. The molecule has 4 saturated heterocycles. The highest BCUT2D eigenvalue weighted by atomic mass is 16.5. The lowest BCUT2D eigenvalue weighted by atomic mass is 9.99. The van der Waals surface area contributed by atoms with E-state index in [1.54, 1.807) is 52.2 Å². The number of nitrogens with zero attached hydrogens (tertiary/aromatic N) is 16. The zero-order chi connectivity index (χ0) is 84.9. The van der Waals surface area contributed by atoms with Crippen molar-refractivity contribution in [1.29, 1.82) is 0 Å². The third-order valence-electron chi connectivity index (χ3n) is 23.6. The summed E-state index contributed by atoms with van der Waals surface area (Å²) in [6.45, 7) is 19.0. The Hall–Kier alpha value is -11.7. The number of fused-ring (bicyclic) bond motifs is 4. The van der Waals surface area contributed by atoms with E-state index < -0.39 is 0 Å². The number of carbonyl (C=O) groups excluding carboxylic acids is 3. The fourth-order valence-corrected chi connectivity index (χ4v) is 16.6. The van der Waals surface area contributed by atoms with Gasteiger partial charge in [0.15, 0.2) is 0 Å². The highest BCUT2D eigenvalue weighted by Crippen LogP contribution is 2.42. The Morgan fingerprint density at radius 2 is 0.934 bits per heavy atom. The summed E-state index contributed by atoms with van der Waals surface area (Å²) in [5.74, 6) is 1.81. The van der Waals surface area contributed by atoms with Crippen LogP contribution in [-0.2, 0) is 59.2 Å². The van der Waals surface area contributed by atoms with E-state index in [2.05, 4.69) is 154 Å². The van der Waals surface area contributed by atoms with Crippen LogP contribution in [0.15, 0.2) is 140 Å². The molecular formula is C90H109N23O9. The number of benzene rings is 4. The second-order valence-electron chi connectivity index (χ2n) is 31.8. The predicted octanol–water partition coefficient (Wildman–Crippen LogP) is 9.08. The number of aryl methyl sites for hydroxylation is 3. The number of nitrogens with one attached hydrogen (secondary N) is 7. The number of carbonyl (C=O) groups is 3. The van der Waals surface area contributed by atoms with E-state index in [4.69, 9.17) is 38.6 Å². The first-order valence-electron chi connectivity index (χ1n) is 41.6. The molecule has 3 aliphatic carbocycles. The van der Waals surface area contributed by atoms with Crippen LogP contribution in [0.3, 0.4) is 0 Å². The summed E-state index contributed by atoms with van der Waals surface area (Å²) < 4.78 is 29.1. The van der Waals surface area contributed by atoms with E-state index in [-0.39, 0.29) is 48.5 Å². The summed E-state index contributed by atoms with van der Waals surface area (Å²) in [4.78, 5) is 86.3. The minimum absolute atomic E-state index is 0.0346. The van der Waals surface area contributed by atoms with Gasteiger partial charge < -0.3 is 75.4 Å². The number of aliphatic hydroxyl groups excluding tert-OH is 1. The summed E-state index contributed by atoms with van der Waals surface area (Å²) in [5.41, 5.74) is 21.3. The molecule has 638 valence electrons. The zero-order valence-corrected chi connectivity index (χ0v) is 71.0. The molecule has 17 rings (SSSR count). The Balaban J connectivity index is 0.000000142. The molecule has 4 aromatic carbocycles. The largest absolute Gasteiger partial charge is 0.495 e. The molecule has 122 heavy (non-hydrogen) atoms. The van der Waals surface area contributed by atoms with Gasteiger partial charge in [-0.2, -0.15) is 10.2 Å². The number of ether oxygens (including phenoxy) is 5. The molecule has 0 saturated carbocycles. The Kier molecular flexibility index (Phi) is 27.6. The number of anilines is 9. The standard InChI is InChI=1S/C30H38N8O3.C30H34N8O2.C30H37N7O4/c1-20-15-31-30(33-21-16-32-38(17-21)22-9-14-41-18-22)35-28(20)25-8-7-24-23(25)5-4-6-26(24)34-29(39)27(19-40-3)37-12-10-36(2)11-13-37;1-19-16-31-30(33-21-7-10-25-20(15-21)17-32-36-25)35-28(19)24-9-8-23-22(24)5-4-6-26(23)34-29(39)27(18-40-3)38-13-11-37(2)12-14-38;1-19-15-32-30(33-20-14-27(41-4)25(17-38)31-16-20)35-28(19)23-9-8-22-21(23)6-5-7-24(22)34-29(39)26(18-40-3)37-12-10-36(2)11-13-37/h4-6,8,15-17,22,27H,7,9-14,18-19H2,1-3H3,(H,34,39)(H,31,33,35);4-7,9-10,15-17,27H,8,11-14,18H2,1-3H3,(H,32,36)(H,34,39)(H,31,33,35);5-7,9,14-16,26,38H,8,10-13,17-18H2,1-4H3,(H,34,39)(H,32,33,35)/t22?,27-;27-;26-/m111/s1. The van der Waals surface area contributed by atoms with Crippen molar-refractivity contribution in [2.75, 3.05) is 193 Å². The third-order valence-corrected chi connectivity index (χ3v) is 23.6. The summed E-state index contributed by atoms with van der Waals surface area (Å²) >= 11 is 0. The molecular weight excluding hydrogens is 1550 g/mol. The molecule has 10 heterocycles. The number of aromatic nitrogens is 11. The Morgan fingerprint density at radius 3 is 1.34 bits per heavy atom. The van der Waals surface area contributed by atoms with Crippen molar-refractivity contribution in [2.24, 2.45) is 0 Å². The van der Waals surface area contributed by atoms with Crippen LogP contribution in [0.1, 0.15) is 85.3 Å². The fraction of sp³-hybridized carbons (Fsp3) is 0.400. The number of H-pyrrole nitrogens is 1. The molecule has 7 aliphatic rings. The first-order chi connectivity index (χ1) is 59.4. The predicted molar refractivity (Wildman–Crippen MR) is 471 cm³/mol. The van der Waals surface area contributed by atoms with Crippen molar-refractivity contribution >= 4 is 97.3 Å². The third kappa shape index (κ3) is 19.8. The van der Waals surface area contributed by atoms with Crippen LogP contribution in [0, 0.1) is 20.8 Å². The maximum Gasteiger partial charge on any atom is 0.244 e. The molecule has 4 atom stereocenters. The normalized spacial score (nSPS) is 17.6. The van der Waals surface area contributed by atoms with Gasteiger partial charge in [-0.1, -0.05) is 54.6 Å². The van der Waals surface area contributed by atoms with Gasteiger partial charge in [-0.15, -0.1) is 0 Å². The second kappa shape index (κ2) is 39.5. The van der Waals surface area contributed by atoms with Crippen molar-refractivity contribution < 1.29 is 43.2 Å². The van der Waals surface area contributed by atoms with Crippen LogP contribution >= 0.6 is 0 Å². The average Bonchev–Trinajstić information content (AvgIpc) is 1.63. The number of rotatable bonds is 27. The van der Waals surface area contributed by atoms with Gasteiger partial charge in [0.05, 0.1) is 98.7 Å². The molecule has 0 bridgehead atoms. The summed E-state index contributed by atoms with van der Waals surface area (Å²) in [7, 11) is 12.8. The smallest absolute Gasteiger partial charge is 0.244 e. The van der Waals surface area contributed by atoms with Gasteiger partial charge in [-0.3, -0.25) is 43.8 Å². The summed E-state index contributed by atoms with van der Waals surface area (Å²) in [5, 5.41) is 41.5. The molecule has 32 heteroatoms. The van der Waals surface area contributed by atoms with Gasteiger partial charge >= 0.3 is 0 Å². The lowest BCUT2D eigenvalue weighted by molar-refractivity contribution is -0.124. The van der Waals surface area contributed by atoms with E-state index in [0.29, 0.717) is 80.7 Å². The summed E-state index contributed by atoms with van der Waals surface area (Å²) in [6, 6.07) is 25.1. The van der Waals surface area contributed by atoms with Gasteiger partial charge in [0.25, 0.3) is 0 Å². The van der Waals surface area contributed by atoms with Gasteiger partial charge in [0.2, 0.25) is 35.6 Å². The van der Waals surface area contributed by atoms with Crippen LogP contribution in [-0.4, -0.2) is 286 Å². The minimum Gasteiger partial charge on any atom is -0.495 e. The van der Waals surface area contributed by atoms with Crippen LogP contribution in [0.2, 0.25) is 0 Å². The summed E-state index contributed by atoms with van der Waals surface area (Å²) in [6.07, 6.45) is 22.2. The number of pyridine rings is 1. The molecule has 32 nitrogen and oxygen atoms in total. The van der Waals surface area contributed by atoms with Gasteiger partial charge in [-0.05, 0) is 154 Å². The number of likely N-dealkylation sites (N-methyl/N-ethyl adjacent to an activating group) is 3. The van der Waals surface area contributed by atoms with Crippen molar-refractivity contribution in [3.05, 3.63) is 213 Å². The Morgan fingerprint density at radius 1 is 0.508 bits per heavy atom. The number of piperazine rings is 3. The number of amides is 3. The average molecular weight is 1660 g/mol. The van der Waals surface area contributed by atoms with E-state index in [1.165, 1.54) is 7.11 Å². The number of aliphatic hydroxyl groups is 1. The number of aromatic amines is 1. The van der Waals surface area contributed by atoms with E-state index in [0.717, 1.165) is 215 Å². The monoisotopic (exact) mass is 1660 g/mol. The molecule has 10 aromatic rings. The molecule has 1 unspecified atom stereocenters. The fourth-order valence-electron chi connectivity index (χ4n) is 16.6. The molecule has 0 radical (unpaired) electrons. The van der Waals surface area contributed by atoms with Crippen LogP contribution in [0.25, 0.3) is 27.6 Å². The quantitative estimate of drug-likeness (QED) is 0.0238. The SMILES string of the molecule is COC[C@H](C(=O)Nc1cccc2c1CC=C2c1nc(Nc2ccc3[nH]ncc3c2)ncc1C)N1CCN(C)CC1.COC[C@H](C(=O)Nc1cccc2c1CC=C2c1nc(Nc2cnc(CO)c(OC)c2)ncc1C)N1CCN(C)CC1.COC[C@H](C(=O)Nc1cccc2c1CC=C2c1nc(Nc2cnn(C3CCOC3)c2)ncc1C)N1CCN(C)CC1. The van der Waals surface area contributed by atoms with E-state index in [1.807, 2.05) is 98.6 Å². The van der Waals surface area contributed by atoms with Gasteiger partial charge in [-0.25, -0.2) is 29.9 Å². The number of methoxy groups -OCH3 is 4. The Labute approximate surface area is 710 Å². The second-order valence-corrected chi connectivity index (χ2v) is 31.8. The van der Waals surface area contributed by atoms with Gasteiger partial charge in [0.1, 0.15) is 29.6 Å². The molecule has 8 N–H and O–H groups in total. The molecule has 0 spiro atoms. The maximum absolute atomic E-state index is 13.5. The molecule has 6 aromatic heterocycles. The lowest BCUT2D eigenvalue weighted by Crippen LogP contribution is -2.54. The lowest BCUT2D eigenvalue weighted by Gasteiger charge is -2.36. The maximum atomic E-state index is 13.5. The van der Waals surface area contributed by atoms with Crippen molar-refractivity contribution in [1.82, 2.24) is 84.3 Å². The van der Waals surface area contributed by atoms with Crippen molar-refractivity contribution in [2.45, 2.75) is 77.2 Å². The van der Waals surface area contributed by atoms with E-state index >= 15 is 0 Å². The van der Waals surface area contributed by atoms with Gasteiger partial charge in [0, 0.05) is 182 Å². The first-order valence-corrected chi connectivity index (χ1v) is 41.6. The van der Waals surface area contributed by atoms with E-state index in [9.17, 15) is 19.5 Å². The Bertz CT molecular complexity index is 5490. The number of hydrogen-bond acceptors (Lipinski definition) is 27. The van der Waals surface area contributed by atoms with Crippen molar-refractivity contribution in [3.63, 3.8) is 0 Å².